The molecule has 1 saturated carbocycles. The van der Waals surface area contributed by atoms with E-state index in [1.807, 2.05) is 0 Å². The Labute approximate surface area is 65.4 Å². The van der Waals surface area contributed by atoms with Gasteiger partial charge in [0.1, 0.15) is 5.78 Å². The van der Waals surface area contributed by atoms with Gasteiger partial charge < -0.3 is 5.11 Å². The molecule has 1 N–H and O–H groups in total. The SMILES string of the molecule is O=C(O)CCC(=O)C1CCC1. The Hall–Kier alpha value is -0.860. The lowest BCUT2D eigenvalue weighted by molar-refractivity contribution is -0.139. The molecule has 3 nitrogen and oxygen atoms in total. The summed E-state index contributed by atoms with van der Waals surface area (Å²) in [7, 11) is 0. The lowest BCUT2D eigenvalue weighted by Crippen LogP contribution is -2.22. The molecule has 0 amide bonds. The van der Waals surface area contributed by atoms with Gasteiger partial charge in [0.25, 0.3) is 0 Å². The maximum atomic E-state index is 11.1. The fourth-order valence-electron chi connectivity index (χ4n) is 1.16. The van der Waals surface area contributed by atoms with E-state index in [0.29, 0.717) is 0 Å². The second kappa shape index (κ2) is 3.51. The number of aliphatic carboxylic acids is 1. The zero-order valence-corrected chi connectivity index (χ0v) is 6.38. The minimum Gasteiger partial charge on any atom is -0.481 e. The van der Waals surface area contributed by atoms with Crippen LogP contribution in [0.4, 0.5) is 0 Å². The molecule has 0 atom stereocenters. The molecule has 3 heteroatoms. The van der Waals surface area contributed by atoms with Crippen molar-refractivity contribution in [1.29, 1.82) is 0 Å². The number of rotatable bonds is 4. The molecule has 0 spiro atoms. The third kappa shape index (κ3) is 2.33. The van der Waals surface area contributed by atoms with Gasteiger partial charge in [-0.3, -0.25) is 9.59 Å². The molecule has 1 aliphatic rings. The second-order valence-electron chi connectivity index (χ2n) is 2.99. The molecule has 1 aliphatic carbocycles. The first-order valence-corrected chi connectivity index (χ1v) is 3.94. The first kappa shape index (κ1) is 8.24. The minimum atomic E-state index is -0.877. The summed E-state index contributed by atoms with van der Waals surface area (Å²) in [6.07, 6.45) is 3.29. The van der Waals surface area contributed by atoms with Crippen LogP contribution in [-0.2, 0) is 9.59 Å². The van der Waals surface area contributed by atoms with Gasteiger partial charge in [-0.1, -0.05) is 6.42 Å². The molecule has 11 heavy (non-hydrogen) atoms. The lowest BCUT2D eigenvalue weighted by atomic mass is 9.81. The minimum absolute atomic E-state index is 0.00463. The lowest BCUT2D eigenvalue weighted by Gasteiger charge is -2.23. The summed E-state index contributed by atoms with van der Waals surface area (Å²) >= 11 is 0. The average molecular weight is 156 g/mol. The van der Waals surface area contributed by atoms with E-state index in [9.17, 15) is 9.59 Å². The summed E-state index contributed by atoms with van der Waals surface area (Å²) in [5.74, 6) is -0.550. The van der Waals surface area contributed by atoms with Crippen LogP contribution in [0.2, 0.25) is 0 Å². The Bertz CT molecular complexity index is 170. The van der Waals surface area contributed by atoms with Gasteiger partial charge in [-0.15, -0.1) is 0 Å². The molecular formula is C8H12O3. The van der Waals surface area contributed by atoms with E-state index < -0.39 is 5.97 Å². The molecule has 0 aromatic rings. The van der Waals surface area contributed by atoms with Gasteiger partial charge in [0, 0.05) is 12.3 Å². The molecular weight excluding hydrogens is 144 g/mol. The second-order valence-corrected chi connectivity index (χ2v) is 2.99. The molecule has 1 fully saturated rings. The number of hydrogen-bond acceptors (Lipinski definition) is 2. The van der Waals surface area contributed by atoms with E-state index in [4.69, 9.17) is 5.11 Å². The van der Waals surface area contributed by atoms with E-state index in [1.165, 1.54) is 0 Å². The maximum Gasteiger partial charge on any atom is 0.303 e. The van der Waals surface area contributed by atoms with E-state index in [1.54, 1.807) is 0 Å². The highest BCUT2D eigenvalue weighted by molar-refractivity contribution is 5.84. The van der Waals surface area contributed by atoms with Gasteiger partial charge in [0.05, 0.1) is 6.42 Å². The van der Waals surface area contributed by atoms with Crippen molar-refractivity contribution >= 4 is 11.8 Å². The van der Waals surface area contributed by atoms with Crippen LogP contribution in [0.1, 0.15) is 32.1 Å². The predicted molar refractivity (Wildman–Crippen MR) is 39.2 cm³/mol. The van der Waals surface area contributed by atoms with Gasteiger partial charge >= 0.3 is 5.97 Å². The summed E-state index contributed by atoms with van der Waals surface area (Å²) in [5.41, 5.74) is 0. The number of carbonyl (C=O) groups is 2. The average Bonchev–Trinajstić information content (AvgIpc) is 1.79. The zero-order valence-electron chi connectivity index (χ0n) is 6.38. The van der Waals surface area contributed by atoms with E-state index in [0.717, 1.165) is 19.3 Å². The van der Waals surface area contributed by atoms with Crippen LogP contribution in [0.3, 0.4) is 0 Å². The van der Waals surface area contributed by atoms with Crippen molar-refractivity contribution in [3.05, 3.63) is 0 Å². The van der Waals surface area contributed by atoms with Gasteiger partial charge in [0.15, 0.2) is 0 Å². The van der Waals surface area contributed by atoms with Crippen LogP contribution < -0.4 is 0 Å². The van der Waals surface area contributed by atoms with Crippen molar-refractivity contribution < 1.29 is 14.7 Å². The fourth-order valence-corrected chi connectivity index (χ4v) is 1.16. The third-order valence-corrected chi connectivity index (χ3v) is 2.15. The molecule has 0 unspecified atom stereocenters. The molecule has 0 aromatic heterocycles. The Morgan fingerprint density at radius 3 is 2.27 bits per heavy atom. The van der Waals surface area contributed by atoms with E-state index in [2.05, 4.69) is 0 Å². The number of carbonyl (C=O) groups excluding carboxylic acids is 1. The quantitative estimate of drug-likeness (QED) is 0.665. The first-order valence-electron chi connectivity index (χ1n) is 3.94. The van der Waals surface area contributed by atoms with Gasteiger partial charge in [-0.2, -0.15) is 0 Å². The summed E-state index contributed by atoms with van der Waals surface area (Å²) in [6, 6.07) is 0. The normalized spacial score (nSPS) is 17.5. The summed E-state index contributed by atoms with van der Waals surface area (Å²) in [6.45, 7) is 0. The van der Waals surface area contributed by atoms with E-state index >= 15 is 0 Å². The summed E-state index contributed by atoms with van der Waals surface area (Å²) < 4.78 is 0. The van der Waals surface area contributed by atoms with Crippen molar-refractivity contribution in [3.63, 3.8) is 0 Å². The number of ketones is 1. The molecule has 62 valence electrons. The number of carboxylic acids is 1. The predicted octanol–water partition coefficient (Wildman–Crippen LogP) is 1.22. The number of hydrogen-bond donors (Lipinski definition) is 1. The van der Waals surface area contributed by atoms with Crippen LogP contribution in [0.15, 0.2) is 0 Å². The van der Waals surface area contributed by atoms with E-state index in [-0.39, 0.29) is 24.5 Å². The Kier molecular flexibility index (Phi) is 2.63. The Balaban J connectivity index is 2.15. The molecule has 0 aliphatic heterocycles. The Morgan fingerprint density at radius 1 is 1.27 bits per heavy atom. The zero-order chi connectivity index (χ0) is 8.27. The maximum absolute atomic E-state index is 11.1. The molecule has 0 bridgehead atoms. The molecule has 1 rings (SSSR count). The van der Waals surface area contributed by atoms with Crippen molar-refractivity contribution in [1.82, 2.24) is 0 Å². The topological polar surface area (TPSA) is 54.4 Å². The highest BCUT2D eigenvalue weighted by atomic mass is 16.4. The van der Waals surface area contributed by atoms with Crippen molar-refractivity contribution in [2.75, 3.05) is 0 Å². The standard InChI is InChI=1S/C8H12O3/c9-7(4-5-8(10)11)6-2-1-3-6/h6H,1-5H2,(H,10,11). The number of Topliss-reactive ketones (excluding diaryl/α,β-unsaturated/α-hetero) is 1. The third-order valence-electron chi connectivity index (χ3n) is 2.15. The van der Waals surface area contributed by atoms with Crippen LogP contribution in [0.25, 0.3) is 0 Å². The molecule has 0 aromatic carbocycles. The summed E-state index contributed by atoms with van der Waals surface area (Å²) in [5, 5.41) is 8.28. The van der Waals surface area contributed by atoms with Crippen molar-refractivity contribution in [3.8, 4) is 0 Å². The van der Waals surface area contributed by atoms with Crippen molar-refractivity contribution in [2.24, 2.45) is 5.92 Å². The smallest absolute Gasteiger partial charge is 0.303 e. The fraction of sp³-hybridized carbons (Fsp3) is 0.750. The summed E-state index contributed by atoms with van der Waals surface area (Å²) in [4.78, 5) is 21.1. The van der Waals surface area contributed by atoms with Crippen LogP contribution >= 0.6 is 0 Å². The van der Waals surface area contributed by atoms with Gasteiger partial charge in [-0.05, 0) is 12.8 Å². The van der Waals surface area contributed by atoms with Crippen LogP contribution in [0.5, 0.6) is 0 Å². The van der Waals surface area contributed by atoms with Crippen LogP contribution in [-0.4, -0.2) is 16.9 Å². The van der Waals surface area contributed by atoms with Gasteiger partial charge in [-0.25, -0.2) is 0 Å². The van der Waals surface area contributed by atoms with Gasteiger partial charge in [0.2, 0.25) is 0 Å². The molecule has 0 saturated heterocycles. The largest absolute Gasteiger partial charge is 0.481 e. The molecule has 0 radical (unpaired) electrons. The monoisotopic (exact) mass is 156 g/mol. The number of carboxylic acid groups (broad SMARTS) is 1. The Morgan fingerprint density at radius 2 is 1.91 bits per heavy atom. The highest BCUT2D eigenvalue weighted by Crippen LogP contribution is 2.28. The van der Waals surface area contributed by atoms with Crippen molar-refractivity contribution in [2.45, 2.75) is 32.1 Å². The first-order chi connectivity index (χ1) is 5.20. The van der Waals surface area contributed by atoms with Crippen LogP contribution in [0, 0.1) is 5.92 Å². The molecule has 0 heterocycles. The highest BCUT2D eigenvalue weighted by Gasteiger charge is 2.24.